The number of aromatic nitrogens is 10. The molecule has 28 nitrogen and oxygen atoms in total. The highest BCUT2D eigenvalue weighted by molar-refractivity contribution is 7.90. The minimum atomic E-state index is -4.65. The lowest BCUT2D eigenvalue weighted by Gasteiger charge is -2.14. The molecule has 0 spiro atoms. The third-order valence-corrected chi connectivity index (χ3v) is 25.5. The van der Waals surface area contributed by atoms with E-state index in [4.69, 9.17) is 35.4 Å². The standard InChI is InChI=1S/C22H27FN4O2S.C19H18FN3O4S.C18H16F3N3O2S.C18H17F2N3O2S.C17H13F4N3O2S/c1-3-4-13-26(2)15-19-16-27(14-18-7-5-6-8-21(18)23)22(25-19)17-9-11-20(12-10-17)30(24,28)29;1-2-27-19(24)17-12-23(11-14-5-3-4-6-16(14)20)18(22-17)13-7-9-15(10-8-13)28(21,25)26;1-12-2-4-13(5-3-12)10-24-11-16(18(19,20)21)23-17(24)14-6-8-15(9-7-14)27(22,25)26;1-11-12(2)23(10-14-3-6-15(19)9-17(14)20)18(22-11)13-4-7-16(8-5-13)26(21,24)25;18-13-5-1-11(2-6-13)9-24-10-15(17(19,20)21)23-16(24)12-3-7-14(8-4-12)27(22,25)26/h5-12,16H,3-4,13-15H2,1-2H3,(H2,24,28,29);3-10,12H,2,11H2,1H3,(H2,21,25,26);2-9,11H,10H2,1H3,(H2,22,25,26);3-9H,10H2,1-2H3,(H2,21,24,25);1-8,10H,9H2,(H2,22,25,26). The normalized spacial score (nSPS) is 11.9. The van der Waals surface area contributed by atoms with E-state index < -0.39 is 97.3 Å². The number of primary sulfonamides is 5. The third-order valence-electron chi connectivity index (χ3n) is 20.9. The maximum absolute atomic E-state index is 14.2. The lowest BCUT2D eigenvalue weighted by Crippen LogP contribution is -2.19. The first-order valence-electron chi connectivity index (χ1n) is 41.5. The van der Waals surface area contributed by atoms with Crippen LogP contribution in [0.2, 0.25) is 0 Å². The van der Waals surface area contributed by atoms with E-state index in [0.29, 0.717) is 69.5 Å². The monoisotopic (exact) mass is 2000 g/mol. The Labute approximate surface area is 788 Å². The highest BCUT2D eigenvalue weighted by atomic mass is 32.2. The fourth-order valence-corrected chi connectivity index (χ4v) is 16.3. The molecule has 726 valence electrons. The quantitative estimate of drug-likeness (QED) is 0.0236. The second kappa shape index (κ2) is 44.3. The fraction of sp³-hybridized carbons (Fsp3) is 0.191. The van der Waals surface area contributed by atoms with Gasteiger partial charge in [0.1, 0.15) is 58.2 Å². The molecule has 15 rings (SSSR count). The summed E-state index contributed by atoms with van der Waals surface area (Å²) in [7, 11) is -17.2. The number of nitrogens with zero attached hydrogens (tertiary/aromatic N) is 11. The third kappa shape index (κ3) is 28.3. The Morgan fingerprint density at radius 2 is 0.732 bits per heavy atom. The number of hydrogen-bond acceptors (Lipinski definition) is 18. The van der Waals surface area contributed by atoms with Crippen molar-refractivity contribution in [3.8, 4) is 56.9 Å². The van der Waals surface area contributed by atoms with Gasteiger partial charge in [0.25, 0.3) is 0 Å². The molecule has 0 bridgehead atoms. The van der Waals surface area contributed by atoms with Crippen LogP contribution in [0.15, 0.2) is 286 Å². The van der Waals surface area contributed by atoms with Gasteiger partial charge >= 0.3 is 18.3 Å². The summed E-state index contributed by atoms with van der Waals surface area (Å²) in [5, 5.41) is 25.5. The van der Waals surface area contributed by atoms with Crippen LogP contribution in [-0.2, 0) is 106 Å². The number of carbonyl (C=O) groups excluding carboxylic acids is 1. The number of sulfonamides is 5. The summed E-state index contributed by atoms with van der Waals surface area (Å²) in [4.78, 5) is 34.9. The first kappa shape index (κ1) is 105. The number of carbonyl (C=O) groups is 1. The molecule has 15 aromatic rings. The molecule has 10 N–H and O–H groups in total. The van der Waals surface area contributed by atoms with Gasteiger partial charge in [-0.1, -0.05) is 97.8 Å². The van der Waals surface area contributed by atoms with E-state index in [0.717, 1.165) is 71.6 Å². The molecule has 0 amide bonds. The van der Waals surface area contributed by atoms with Gasteiger partial charge in [0.05, 0.1) is 62.1 Å². The molecule has 0 aliphatic heterocycles. The molecule has 0 aliphatic rings. The van der Waals surface area contributed by atoms with Gasteiger partial charge in [-0.25, -0.2) is 119 Å². The van der Waals surface area contributed by atoms with E-state index in [1.54, 1.807) is 76.7 Å². The van der Waals surface area contributed by atoms with Gasteiger partial charge in [0.2, 0.25) is 50.1 Å². The van der Waals surface area contributed by atoms with E-state index in [9.17, 15) is 95.2 Å². The highest BCUT2D eigenvalue weighted by Gasteiger charge is 2.37. The molecule has 0 saturated heterocycles. The van der Waals surface area contributed by atoms with Crippen molar-refractivity contribution in [3.05, 3.63) is 358 Å². The average Bonchev–Trinajstić information content (AvgIpc) is 1.65. The van der Waals surface area contributed by atoms with Crippen LogP contribution in [0.4, 0.5) is 48.3 Å². The predicted octanol–water partition coefficient (Wildman–Crippen LogP) is 16.3. The minimum Gasteiger partial charge on any atom is -0.461 e. The summed E-state index contributed by atoms with van der Waals surface area (Å²) in [5.41, 5.74) is 6.74. The van der Waals surface area contributed by atoms with Crippen LogP contribution in [0, 0.1) is 49.9 Å². The summed E-state index contributed by atoms with van der Waals surface area (Å²) >= 11 is 0. The van der Waals surface area contributed by atoms with Crippen LogP contribution in [0.5, 0.6) is 0 Å². The molecule has 5 heterocycles. The second-order valence-electron chi connectivity index (χ2n) is 31.3. The van der Waals surface area contributed by atoms with Crippen LogP contribution < -0.4 is 25.7 Å². The molecule has 5 aromatic heterocycles. The predicted molar refractivity (Wildman–Crippen MR) is 494 cm³/mol. The van der Waals surface area contributed by atoms with Crippen LogP contribution in [0.3, 0.4) is 0 Å². The number of ether oxygens (including phenoxy) is 1. The lowest BCUT2D eigenvalue weighted by molar-refractivity contribution is -0.141. The molecule has 0 aliphatic carbocycles. The molecule has 44 heteroatoms. The van der Waals surface area contributed by atoms with Crippen LogP contribution in [0.25, 0.3) is 56.9 Å². The zero-order chi connectivity index (χ0) is 101. The summed E-state index contributed by atoms with van der Waals surface area (Å²) in [6, 6.07) is 57.3. The van der Waals surface area contributed by atoms with Crippen LogP contribution in [-0.4, -0.2) is 121 Å². The van der Waals surface area contributed by atoms with E-state index in [-0.39, 0.29) is 91.8 Å². The summed E-state index contributed by atoms with van der Waals surface area (Å²) in [6.07, 6.45) is -1.81. The van der Waals surface area contributed by atoms with Crippen molar-refractivity contribution >= 4 is 56.1 Å². The zero-order valence-corrected chi connectivity index (χ0v) is 78.4. The van der Waals surface area contributed by atoms with Crippen molar-refractivity contribution in [1.82, 2.24) is 52.7 Å². The topological polar surface area (TPSA) is 419 Å². The maximum Gasteiger partial charge on any atom is 0.434 e. The first-order valence-corrected chi connectivity index (χ1v) is 49.2. The maximum atomic E-state index is 14.2. The summed E-state index contributed by atoms with van der Waals surface area (Å²) in [6.45, 7) is 12.1. The Hall–Kier alpha value is -13.5. The minimum absolute atomic E-state index is 0.00243. The molecular formula is C94H91F11N16O12S5. The fourth-order valence-electron chi connectivity index (χ4n) is 13.7. The molecule has 0 unspecified atom stereocenters. The largest absolute Gasteiger partial charge is 0.461 e. The average molecular weight is 2010 g/mol. The highest BCUT2D eigenvalue weighted by Crippen LogP contribution is 2.36. The van der Waals surface area contributed by atoms with Gasteiger partial charge in [-0.15, -0.1) is 0 Å². The smallest absolute Gasteiger partial charge is 0.434 e. The number of unbranched alkanes of at least 4 members (excludes halogenated alkanes) is 1. The Balaban J connectivity index is 0.000000165. The van der Waals surface area contributed by atoms with Gasteiger partial charge in [0, 0.05) is 101 Å². The van der Waals surface area contributed by atoms with Gasteiger partial charge in [-0.05, 0) is 210 Å². The first-order chi connectivity index (χ1) is 64.8. The SMILES string of the molecule is CCCCN(C)Cc1cn(Cc2ccccc2F)c(-c2ccc(S(N)(=O)=O)cc2)n1.CCOC(=O)c1cn(Cc2ccccc2F)c(-c2ccc(S(N)(=O)=O)cc2)n1.Cc1ccc(Cn2cc(C(F)(F)F)nc2-c2ccc(S(N)(=O)=O)cc2)cc1.Cc1nc(-c2ccc(S(N)(=O)=O)cc2)n(Cc2ccc(F)cc2F)c1C.NS(=O)(=O)c1ccc(-c2nc(C(F)(F)F)cn2Cc2ccc(F)cc2)cc1. The lowest BCUT2D eigenvalue weighted by atomic mass is 10.1. The molecule has 10 aromatic carbocycles. The summed E-state index contributed by atoms with van der Waals surface area (Å²) < 4.78 is 274. The molecule has 0 saturated carbocycles. The molecule has 0 radical (unpaired) electrons. The Morgan fingerprint density at radius 3 is 1.10 bits per heavy atom. The summed E-state index contributed by atoms with van der Waals surface area (Å²) in [5.74, 6) is -1.33. The zero-order valence-electron chi connectivity index (χ0n) is 74.3. The number of esters is 1. The van der Waals surface area contributed by atoms with Gasteiger partial charge in [-0.2, -0.15) is 26.3 Å². The number of imidazole rings is 5. The van der Waals surface area contributed by atoms with Crippen LogP contribution in [0.1, 0.15) is 99.0 Å². The van der Waals surface area contributed by atoms with E-state index in [1.165, 1.54) is 161 Å². The van der Waals surface area contributed by atoms with Crippen molar-refractivity contribution in [2.75, 3.05) is 20.2 Å². The second-order valence-corrected chi connectivity index (χ2v) is 39.1. The van der Waals surface area contributed by atoms with E-state index in [2.05, 4.69) is 31.8 Å². The molecule has 0 atom stereocenters. The number of alkyl halides is 6. The van der Waals surface area contributed by atoms with E-state index in [1.807, 2.05) is 62.8 Å². The van der Waals surface area contributed by atoms with Gasteiger partial charge in [0.15, 0.2) is 17.1 Å². The van der Waals surface area contributed by atoms with Crippen molar-refractivity contribution < 1.29 is 99.9 Å². The van der Waals surface area contributed by atoms with Crippen molar-refractivity contribution in [2.45, 2.75) is 124 Å². The molecule has 0 fully saturated rings. The van der Waals surface area contributed by atoms with Crippen molar-refractivity contribution in [1.29, 1.82) is 0 Å². The van der Waals surface area contributed by atoms with E-state index >= 15 is 0 Å². The number of halogens is 11. The van der Waals surface area contributed by atoms with Gasteiger partial charge < -0.3 is 32.5 Å². The Bertz CT molecular complexity index is 7270. The number of aryl methyl sites for hydroxylation is 2. The number of nitrogens with two attached hydrogens (primary N) is 5. The molecular weight excluding hydrogens is 1910 g/mol. The number of hydrogen-bond donors (Lipinski definition) is 5. The van der Waals surface area contributed by atoms with Crippen molar-refractivity contribution in [2.24, 2.45) is 25.7 Å². The van der Waals surface area contributed by atoms with Crippen molar-refractivity contribution in [3.63, 3.8) is 0 Å². The Kier molecular flexibility index (Phi) is 33.7. The molecule has 138 heavy (non-hydrogen) atoms. The Morgan fingerprint density at radius 1 is 0.384 bits per heavy atom. The number of rotatable bonds is 27. The van der Waals surface area contributed by atoms with Gasteiger partial charge in [-0.3, -0.25) is 0 Å². The number of benzene rings is 10. The van der Waals surface area contributed by atoms with Crippen LogP contribution >= 0.6 is 0 Å².